The first-order valence-corrected chi connectivity index (χ1v) is 7.31. The number of carbonyl (C=O) groups excluding carboxylic acids is 1. The van der Waals surface area contributed by atoms with Crippen molar-refractivity contribution in [2.45, 2.75) is 12.5 Å². The van der Waals surface area contributed by atoms with Crippen molar-refractivity contribution in [2.75, 3.05) is 19.7 Å². The van der Waals surface area contributed by atoms with E-state index in [-0.39, 0.29) is 12.0 Å². The van der Waals surface area contributed by atoms with Crippen molar-refractivity contribution in [3.05, 3.63) is 47.8 Å². The first-order valence-electron chi connectivity index (χ1n) is 6.58. The molecule has 0 unspecified atom stereocenters. The molecule has 1 aliphatic heterocycles. The monoisotopic (exact) mass is 289 g/mol. The van der Waals surface area contributed by atoms with Gasteiger partial charge in [-0.3, -0.25) is 4.79 Å². The van der Waals surface area contributed by atoms with Crippen LogP contribution >= 0.6 is 11.7 Å². The van der Waals surface area contributed by atoms with Gasteiger partial charge >= 0.3 is 0 Å². The van der Waals surface area contributed by atoms with Gasteiger partial charge in [-0.2, -0.15) is 8.75 Å². The highest BCUT2D eigenvalue weighted by molar-refractivity contribution is 6.99. The number of benzene rings is 1. The molecule has 1 atom stereocenters. The molecule has 6 heteroatoms. The second-order valence-electron chi connectivity index (χ2n) is 4.64. The van der Waals surface area contributed by atoms with Gasteiger partial charge in [0.05, 0.1) is 30.6 Å². The summed E-state index contributed by atoms with van der Waals surface area (Å²) in [5, 5.41) is 0. The fraction of sp³-hybridized carbons (Fsp3) is 0.357. The fourth-order valence-electron chi connectivity index (χ4n) is 2.33. The maximum atomic E-state index is 12.2. The van der Waals surface area contributed by atoms with E-state index in [2.05, 4.69) is 20.9 Å². The maximum Gasteiger partial charge on any atom is 0.275 e. The lowest BCUT2D eigenvalue weighted by Gasteiger charge is -2.18. The van der Waals surface area contributed by atoms with Gasteiger partial charge in [-0.05, 0) is 12.0 Å². The molecule has 3 rings (SSSR count). The van der Waals surface area contributed by atoms with Gasteiger partial charge in [0, 0.05) is 13.1 Å². The van der Waals surface area contributed by atoms with Crippen LogP contribution in [0.4, 0.5) is 0 Å². The maximum absolute atomic E-state index is 12.2. The Morgan fingerprint density at radius 2 is 2.15 bits per heavy atom. The van der Waals surface area contributed by atoms with Crippen LogP contribution in [0, 0.1) is 0 Å². The summed E-state index contributed by atoms with van der Waals surface area (Å²) in [5.74, 6) is -0.0592. The minimum absolute atomic E-state index is 0.0579. The van der Waals surface area contributed by atoms with Crippen molar-refractivity contribution in [1.82, 2.24) is 13.6 Å². The third-order valence-electron chi connectivity index (χ3n) is 3.38. The number of rotatable bonds is 2. The Balaban J connectivity index is 1.67. The molecule has 0 saturated carbocycles. The molecule has 2 aromatic rings. The predicted molar refractivity (Wildman–Crippen MR) is 75.6 cm³/mol. The summed E-state index contributed by atoms with van der Waals surface area (Å²) >= 11 is 1.06. The van der Waals surface area contributed by atoms with Crippen LogP contribution in [0.1, 0.15) is 28.6 Å². The molecule has 0 aliphatic carbocycles. The molecular formula is C14H15N3O2S. The summed E-state index contributed by atoms with van der Waals surface area (Å²) in [5.41, 5.74) is 1.59. The van der Waals surface area contributed by atoms with E-state index in [0.717, 1.165) is 23.7 Å². The molecule has 1 fully saturated rings. The second-order valence-corrected chi connectivity index (χ2v) is 5.20. The molecule has 20 heavy (non-hydrogen) atoms. The lowest BCUT2D eigenvalue weighted by Crippen LogP contribution is -2.33. The zero-order valence-corrected chi connectivity index (χ0v) is 11.8. The molecule has 5 nitrogen and oxygen atoms in total. The summed E-state index contributed by atoms with van der Waals surface area (Å²) in [7, 11) is 0. The molecule has 1 aromatic carbocycles. The average Bonchev–Trinajstić information content (AvgIpc) is 2.92. The van der Waals surface area contributed by atoms with Crippen LogP contribution in [-0.4, -0.2) is 39.3 Å². The third kappa shape index (κ3) is 2.86. The van der Waals surface area contributed by atoms with Gasteiger partial charge in [0.2, 0.25) is 0 Å². The minimum atomic E-state index is -0.0592. The van der Waals surface area contributed by atoms with E-state index >= 15 is 0 Å². The third-order valence-corrected chi connectivity index (χ3v) is 3.86. The number of aromatic nitrogens is 2. The highest BCUT2D eigenvalue weighted by atomic mass is 32.1. The SMILES string of the molecule is O=C(c1cnsn1)N1CCO[C@H](c2ccccc2)CC1. The van der Waals surface area contributed by atoms with Gasteiger partial charge in [0.15, 0.2) is 5.69 Å². The van der Waals surface area contributed by atoms with E-state index in [4.69, 9.17) is 4.74 Å². The van der Waals surface area contributed by atoms with Crippen molar-refractivity contribution in [3.8, 4) is 0 Å². The van der Waals surface area contributed by atoms with Crippen molar-refractivity contribution >= 4 is 17.6 Å². The number of ether oxygens (including phenoxy) is 1. The number of hydrogen-bond donors (Lipinski definition) is 0. The number of amides is 1. The number of nitrogens with zero attached hydrogens (tertiary/aromatic N) is 3. The van der Waals surface area contributed by atoms with E-state index in [1.165, 1.54) is 6.20 Å². The standard InChI is InChI=1S/C14H15N3O2S/c18-14(12-10-15-20-16-12)17-7-6-13(19-9-8-17)11-4-2-1-3-5-11/h1-5,10,13H,6-9H2/t13-/m0/s1. The Morgan fingerprint density at radius 1 is 1.30 bits per heavy atom. The number of hydrogen-bond acceptors (Lipinski definition) is 5. The Hall–Kier alpha value is -1.79. The van der Waals surface area contributed by atoms with E-state index in [1.54, 1.807) is 4.90 Å². The molecule has 1 amide bonds. The smallest absolute Gasteiger partial charge is 0.275 e. The van der Waals surface area contributed by atoms with E-state index in [0.29, 0.717) is 25.4 Å². The molecule has 0 radical (unpaired) electrons. The first-order chi connectivity index (χ1) is 9.84. The van der Waals surface area contributed by atoms with Crippen LogP contribution in [0.3, 0.4) is 0 Å². The van der Waals surface area contributed by atoms with Crippen LogP contribution < -0.4 is 0 Å². The topological polar surface area (TPSA) is 55.3 Å². The summed E-state index contributed by atoms with van der Waals surface area (Å²) in [6, 6.07) is 10.1. The quantitative estimate of drug-likeness (QED) is 0.850. The summed E-state index contributed by atoms with van der Waals surface area (Å²) < 4.78 is 13.7. The Bertz CT molecular complexity index is 559. The van der Waals surface area contributed by atoms with Crippen molar-refractivity contribution in [1.29, 1.82) is 0 Å². The van der Waals surface area contributed by atoms with Gasteiger partial charge in [-0.25, -0.2) is 0 Å². The molecule has 1 aliphatic rings. The lowest BCUT2D eigenvalue weighted by atomic mass is 10.1. The van der Waals surface area contributed by atoms with Crippen molar-refractivity contribution < 1.29 is 9.53 Å². The summed E-state index contributed by atoms with van der Waals surface area (Å²) in [6.45, 7) is 1.82. The van der Waals surface area contributed by atoms with Crippen molar-refractivity contribution in [2.24, 2.45) is 0 Å². The van der Waals surface area contributed by atoms with Crippen molar-refractivity contribution in [3.63, 3.8) is 0 Å². The molecule has 0 N–H and O–H groups in total. The minimum Gasteiger partial charge on any atom is -0.372 e. The fourth-order valence-corrected chi connectivity index (χ4v) is 2.74. The number of carbonyl (C=O) groups is 1. The molecule has 0 bridgehead atoms. The highest BCUT2D eigenvalue weighted by Crippen LogP contribution is 2.24. The average molecular weight is 289 g/mol. The summed E-state index contributed by atoms with van der Waals surface area (Å²) in [4.78, 5) is 14.0. The van der Waals surface area contributed by atoms with Crippen LogP contribution in [0.5, 0.6) is 0 Å². The van der Waals surface area contributed by atoms with E-state index in [9.17, 15) is 4.79 Å². The van der Waals surface area contributed by atoms with Crippen LogP contribution in [-0.2, 0) is 4.74 Å². The van der Waals surface area contributed by atoms with E-state index < -0.39 is 0 Å². The molecule has 2 heterocycles. The van der Waals surface area contributed by atoms with Crippen LogP contribution in [0.2, 0.25) is 0 Å². The lowest BCUT2D eigenvalue weighted by molar-refractivity contribution is 0.0584. The predicted octanol–water partition coefficient (Wildman–Crippen LogP) is 2.14. The molecule has 104 valence electrons. The van der Waals surface area contributed by atoms with Gasteiger partial charge in [-0.15, -0.1) is 0 Å². The van der Waals surface area contributed by atoms with Gasteiger partial charge in [0.1, 0.15) is 0 Å². The molecule has 0 spiro atoms. The molecule has 1 aromatic heterocycles. The van der Waals surface area contributed by atoms with E-state index in [1.807, 2.05) is 18.2 Å². The van der Waals surface area contributed by atoms with Gasteiger partial charge < -0.3 is 9.64 Å². The Kier molecular flexibility index (Phi) is 4.03. The molecular weight excluding hydrogens is 274 g/mol. The second kappa shape index (κ2) is 6.11. The normalized spacial score (nSPS) is 19.6. The largest absolute Gasteiger partial charge is 0.372 e. The first kappa shape index (κ1) is 13.2. The molecule has 1 saturated heterocycles. The highest BCUT2D eigenvalue weighted by Gasteiger charge is 2.23. The van der Waals surface area contributed by atoms with Crippen LogP contribution in [0.25, 0.3) is 0 Å². The van der Waals surface area contributed by atoms with Gasteiger partial charge in [0.25, 0.3) is 5.91 Å². The zero-order valence-electron chi connectivity index (χ0n) is 10.9. The zero-order chi connectivity index (χ0) is 13.8. The Morgan fingerprint density at radius 3 is 2.90 bits per heavy atom. The summed E-state index contributed by atoms with van der Waals surface area (Å²) in [6.07, 6.45) is 2.38. The van der Waals surface area contributed by atoms with Crippen LogP contribution in [0.15, 0.2) is 36.5 Å². The van der Waals surface area contributed by atoms with Gasteiger partial charge in [-0.1, -0.05) is 30.3 Å². The Labute approximate surface area is 121 Å².